The van der Waals surface area contributed by atoms with Crippen LogP contribution in [0.1, 0.15) is 49.2 Å². The fourth-order valence-electron chi connectivity index (χ4n) is 4.82. The first kappa shape index (κ1) is 29.5. The summed E-state index contributed by atoms with van der Waals surface area (Å²) in [6.45, 7) is 9.35. The SMILES string of the molecule is C=CCOC(=O)c1sc(N2C(=O)C(=O)/C(=C(/O)c3ccc(OCc4ccccc4)c(C)c3)C2c2ccc(C)cc2)nc1C. The molecule has 1 amide bonds. The summed E-state index contributed by atoms with van der Waals surface area (Å²) in [4.78, 5) is 45.6. The number of thiazole rings is 1. The van der Waals surface area contributed by atoms with Crippen LogP contribution in [0.25, 0.3) is 5.76 Å². The Bertz CT molecular complexity index is 1740. The molecule has 4 aromatic rings. The van der Waals surface area contributed by atoms with Crippen molar-refractivity contribution in [2.45, 2.75) is 33.4 Å². The van der Waals surface area contributed by atoms with Gasteiger partial charge in [0.1, 0.15) is 29.6 Å². The van der Waals surface area contributed by atoms with Crippen LogP contribution >= 0.6 is 11.3 Å². The van der Waals surface area contributed by atoms with E-state index in [0.717, 1.165) is 28.0 Å². The van der Waals surface area contributed by atoms with Gasteiger partial charge in [-0.2, -0.15) is 0 Å². The smallest absolute Gasteiger partial charge is 0.350 e. The van der Waals surface area contributed by atoms with Gasteiger partial charge in [-0.25, -0.2) is 9.78 Å². The molecule has 3 aromatic carbocycles. The lowest BCUT2D eigenvalue weighted by atomic mass is 9.94. The van der Waals surface area contributed by atoms with Crippen LogP contribution in [0.2, 0.25) is 0 Å². The topological polar surface area (TPSA) is 106 Å². The third-order valence-electron chi connectivity index (χ3n) is 7.03. The van der Waals surface area contributed by atoms with E-state index in [-0.39, 0.29) is 27.9 Å². The molecule has 1 saturated heterocycles. The number of Topliss-reactive ketones (excluding diaryl/α,β-unsaturated/α-hetero) is 1. The van der Waals surface area contributed by atoms with Crippen LogP contribution < -0.4 is 9.64 Å². The van der Waals surface area contributed by atoms with Gasteiger partial charge in [0.2, 0.25) is 0 Å². The molecule has 1 aromatic heterocycles. The molecule has 218 valence electrons. The average molecular weight is 595 g/mol. The maximum Gasteiger partial charge on any atom is 0.350 e. The molecule has 1 N–H and O–H groups in total. The highest BCUT2D eigenvalue weighted by Crippen LogP contribution is 2.44. The van der Waals surface area contributed by atoms with Crippen LogP contribution in [-0.4, -0.2) is 34.4 Å². The van der Waals surface area contributed by atoms with Gasteiger partial charge in [-0.15, -0.1) is 0 Å². The van der Waals surface area contributed by atoms with Crippen LogP contribution in [0.5, 0.6) is 5.75 Å². The van der Waals surface area contributed by atoms with Crippen molar-refractivity contribution >= 4 is 39.9 Å². The van der Waals surface area contributed by atoms with Gasteiger partial charge in [-0.1, -0.05) is 84.2 Å². The third-order valence-corrected chi connectivity index (χ3v) is 8.17. The lowest BCUT2D eigenvalue weighted by Crippen LogP contribution is -2.29. The Morgan fingerprint density at radius 3 is 2.44 bits per heavy atom. The van der Waals surface area contributed by atoms with Gasteiger partial charge in [-0.05, 0) is 55.7 Å². The summed E-state index contributed by atoms with van der Waals surface area (Å²) in [5, 5.41) is 11.7. The Kier molecular flexibility index (Phi) is 8.54. The highest BCUT2D eigenvalue weighted by Gasteiger charge is 2.48. The van der Waals surface area contributed by atoms with Crippen molar-refractivity contribution in [3.8, 4) is 5.75 Å². The number of nitrogens with zero attached hydrogens (tertiary/aromatic N) is 2. The quantitative estimate of drug-likeness (QED) is 0.0764. The number of hydrogen-bond acceptors (Lipinski definition) is 8. The minimum absolute atomic E-state index is 0.0227. The first-order valence-corrected chi connectivity index (χ1v) is 14.4. The molecule has 5 rings (SSSR count). The summed E-state index contributed by atoms with van der Waals surface area (Å²) in [6, 6.07) is 21.2. The predicted octanol–water partition coefficient (Wildman–Crippen LogP) is 6.62. The van der Waals surface area contributed by atoms with E-state index in [1.54, 1.807) is 37.3 Å². The van der Waals surface area contributed by atoms with Crippen LogP contribution in [0.4, 0.5) is 5.13 Å². The number of ketones is 1. The highest BCUT2D eigenvalue weighted by molar-refractivity contribution is 7.17. The molecule has 43 heavy (non-hydrogen) atoms. The zero-order valence-corrected chi connectivity index (χ0v) is 24.8. The Hall–Kier alpha value is -5.02. The van der Waals surface area contributed by atoms with Crippen molar-refractivity contribution in [1.82, 2.24) is 4.98 Å². The second-order valence-electron chi connectivity index (χ2n) is 10.1. The molecule has 0 aliphatic carbocycles. The molecule has 0 radical (unpaired) electrons. The van der Waals surface area contributed by atoms with Gasteiger partial charge >= 0.3 is 11.9 Å². The fourth-order valence-corrected chi connectivity index (χ4v) is 5.81. The van der Waals surface area contributed by atoms with E-state index < -0.39 is 23.7 Å². The third kappa shape index (κ3) is 5.98. The van der Waals surface area contributed by atoms with Crippen molar-refractivity contribution in [3.63, 3.8) is 0 Å². The molecule has 1 aliphatic heterocycles. The number of aryl methyl sites for hydroxylation is 3. The first-order chi connectivity index (χ1) is 20.7. The predicted molar refractivity (Wildman–Crippen MR) is 165 cm³/mol. The van der Waals surface area contributed by atoms with Crippen LogP contribution in [-0.2, 0) is 20.9 Å². The first-order valence-electron chi connectivity index (χ1n) is 13.6. The molecule has 1 unspecified atom stereocenters. The Labute approximate surface area is 253 Å². The second-order valence-corrected chi connectivity index (χ2v) is 11.1. The molecular weight excluding hydrogens is 564 g/mol. The number of ether oxygens (including phenoxy) is 2. The molecule has 1 atom stereocenters. The number of carbonyl (C=O) groups excluding carboxylic acids is 3. The summed E-state index contributed by atoms with van der Waals surface area (Å²) in [7, 11) is 0. The number of hydrogen-bond donors (Lipinski definition) is 1. The van der Waals surface area contributed by atoms with E-state index in [1.165, 1.54) is 11.0 Å². The Morgan fingerprint density at radius 1 is 1.05 bits per heavy atom. The van der Waals surface area contributed by atoms with Crippen molar-refractivity contribution in [2.24, 2.45) is 0 Å². The van der Waals surface area contributed by atoms with E-state index in [2.05, 4.69) is 11.6 Å². The highest BCUT2D eigenvalue weighted by atomic mass is 32.1. The zero-order valence-electron chi connectivity index (χ0n) is 24.0. The Balaban J connectivity index is 1.55. The second kappa shape index (κ2) is 12.5. The number of benzene rings is 3. The van der Waals surface area contributed by atoms with Gasteiger partial charge in [0.15, 0.2) is 5.13 Å². The van der Waals surface area contributed by atoms with E-state index in [0.29, 0.717) is 29.2 Å². The fraction of sp³-hybridized carbons (Fsp3) is 0.176. The number of rotatable bonds is 9. The molecule has 2 heterocycles. The van der Waals surface area contributed by atoms with Gasteiger partial charge in [0.25, 0.3) is 5.78 Å². The number of anilines is 1. The van der Waals surface area contributed by atoms with E-state index in [1.807, 2.05) is 56.3 Å². The Morgan fingerprint density at radius 2 is 1.77 bits per heavy atom. The number of amides is 1. The van der Waals surface area contributed by atoms with E-state index in [9.17, 15) is 19.5 Å². The maximum atomic E-state index is 13.6. The van der Waals surface area contributed by atoms with Crippen molar-refractivity contribution in [2.75, 3.05) is 11.5 Å². The van der Waals surface area contributed by atoms with Crippen LogP contribution in [0.15, 0.2) is 91.0 Å². The van der Waals surface area contributed by atoms with Gasteiger partial charge in [-0.3, -0.25) is 14.5 Å². The molecule has 0 bridgehead atoms. The molecular formula is C34H30N2O6S. The minimum Gasteiger partial charge on any atom is -0.507 e. The summed E-state index contributed by atoms with van der Waals surface area (Å²) >= 11 is 0.952. The summed E-state index contributed by atoms with van der Waals surface area (Å²) in [5.41, 5.74) is 4.01. The molecule has 0 spiro atoms. The summed E-state index contributed by atoms with van der Waals surface area (Å²) in [6.07, 6.45) is 1.45. The lowest BCUT2D eigenvalue weighted by molar-refractivity contribution is -0.132. The van der Waals surface area contributed by atoms with Gasteiger partial charge in [0.05, 0.1) is 17.3 Å². The molecule has 8 nitrogen and oxygen atoms in total. The van der Waals surface area contributed by atoms with Crippen molar-refractivity contribution < 1.29 is 29.0 Å². The molecule has 1 aliphatic rings. The van der Waals surface area contributed by atoms with Crippen LogP contribution in [0, 0.1) is 20.8 Å². The van der Waals surface area contributed by atoms with Gasteiger partial charge in [0, 0.05) is 5.56 Å². The monoisotopic (exact) mass is 594 g/mol. The number of aliphatic hydroxyl groups is 1. The van der Waals surface area contributed by atoms with Crippen LogP contribution in [0.3, 0.4) is 0 Å². The summed E-state index contributed by atoms with van der Waals surface area (Å²) in [5.74, 6) is -2.00. The van der Waals surface area contributed by atoms with Gasteiger partial charge < -0.3 is 14.6 Å². The van der Waals surface area contributed by atoms with E-state index >= 15 is 0 Å². The number of carbonyl (C=O) groups is 3. The average Bonchev–Trinajstić information content (AvgIpc) is 3.51. The van der Waals surface area contributed by atoms with Crippen molar-refractivity contribution in [3.05, 3.63) is 129 Å². The molecule has 0 saturated carbocycles. The number of aliphatic hydroxyl groups excluding tert-OH is 1. The standard InChI is InChI=1S/C34H30N2O6S/c1-5-17-41-33(40)31-22(4)35-34(43-31)36-28(24-13-11-20(2)12-14-24)27(30(38)32(36)39)29(37)25-15-16-26(21(3)18-25)42-19-23-9-7-6-8-10-23/h5-16,18,28,37H,1,17,19H2,2-4H3/b29-27+. The molecule has 9 heteroatoms. The largest absolute Gasteiger partial charge is 0.507 e. The van der Waals surface area contributed by atoms with E-state index in [4.69, 9.17) is 9.47 Å². The zero-order chi connectivity index (χ0) is 30.7. The number of esters is 1. The maximum absolute atomic E-state index is 13.6. The molecule has 1 fully saturated rings. The number of aromatic nitrogens is 1. The minimum atomic E-state index is -0.975. The van der Waals surface area contributed by atoms with Crippen molar-refractivity contribution in [1.29, 1.82) is 0 Å². The lowest BCUT2D eigenvalue weighted by Gasteiger charge is -2.23. The normalized spacial score (nSPS) is 15.9. The summed E-state index contributed by atoms with van der Waals surface area (Å²) < 4.78 is 11.1.